The number of aliphatic hydroxyl groups excluding tert-OH is 1. The van der Waals surface area contributed by atoms with Crippen molar-refractivity contribution in [3.63, 3.8) is 0 Å². The van der Waals surface area contributed by atoms with Gasteiger partial charge in [-0.25, -0.2) is 0 Å². The molecule has 0 amide bonds. The molecule has 4 atom stereocenters. The second-order valence-electron chi connectivity index (χ2n) is 10.4. The number of hydrogen-bond acceptors (Lipinski definition) is 6. The van der Waals surface area contributed by atoms with E-state index >= 15 is 0 Å². The molecule has 0 spiro atoms. The number of benzene rings is 1. The molecular weight excluding hydrogens is 533 g/mol. The number of carbonyl (C=O) groups excluding carboxylic acids is 1. The molecule has 1 saturated heterocycles. The van der Waals surface area contributed by atoms with Gasteiger partial charge >= 0.3 is 224 Å². The van der Waals surface area contributed by atoms with E-state index in [9.17, 15) is 14.7 Å². The number of nitrogens with zero attached hydrogens (tertiary/aromatic N) is 3. The second-order valence-corrected chi connectivity index (χ2v) is 13.3. The minimum absolute atomic E-state index is 0.0132. The molecule has 1 aliphatic heterocycles. The van der Waals surface area contributed by atoms with Gasteiger partial charge in [0.2, 0.25) is 0 Å². The number of aryl methyl sites for hydroxylation is 2. The van der Waals surface area contributed by atoms with Crippen molar-refractivity contribution in [2.75, 3.05) is 6.61 Å². The first-order valence-electron chi connectivity index (χ1n) is 13.2. The van der Waals surface area contributed by atoms with Crippen LogP contribution in [0.5, 0.6) is 0 Å². The van der Waals surface area contributed by atoms with Crippen molar-refractivity contribution >= 4 is 32.8 Å². The van der Waals surface area contributed by atoms with E-state index in [4.69, 9.17) is 14.5 Å². The molecule has 0 bridgehead atoms. The van der Waals surface area contributed by atoms with Crippen molar-refractivity contribution in [2.24, 2.45) is 7.05 Å². The van der Waals surface area contributed by atoms with Gasteiger partial charge in [-0.15, -0.1) is 0 Å². The number of ether oxygens (including phenoxy) is 2. The van der Waals surface area contributed by atoms with Crippen molar-refractivity contribution in [3.8, 4) is 11.4 Å². The van der Waals surface area contributed by atoms with Gasteiger partial charge in [-0.1, -0.05) is 0 Å². The standard InChI is InChI=1S/C28H36AsN3O5/c1-17-12-20(15-31(3)27(17)34)26-30-23-13-19(9-10-24(23)32(26)16-22-8-5-11-36-22)14-29-25(18(2)33)28(35)37-21-6-4-7-21/h9-10,12-13,15,18,21-22,25,29,33H,4-8,11,14,16H2,1-3H3/t18-,22-,25-/m0/s1. The van der Waals surface area contributed by atoms with Gasteiger partial charge in [-0.2, -0.15) is 0 Å². The summed E-state index contributed by atoms with van der Waals surface area (Å²) in [6.07, 6.45) is 6.36. The van der Waals surface area contributed by atoms with Crippen LogP contribution in [0.25, 0.3) is 22.4 Å². The Morgan fingerprint density at radius 1 is 1.27 bits per heavy atom. The summed E-state index contributed by atoms with van der Waals surface area (Å²) >= 11 is -0.817. The minimum atomic E-state index is -0.817. The number of rotatable bonds is 9. The van der Waals surface area contributed by atoms with Gasteiger partial charge in [0.1, 0.15) is 0 Å². The fourth-order valence-electron chi connectivity index (χ4n) is 5.09. The third kappa shape index (κ3) is 5.71. The van der Waals surface area contributed by atoms with E-state index in [0.717, 1.165) is 71.9 Å². The van der Waals surface area contributed by atoms with Gasteiger partial charge in [-0.3, -0.25) is 0 Å². The number of esters is 1. The van der Waals surface area contributed by atoms with Crippen LogP contribution in [-0.2, 0) is 33.1 Å². The zero-order chi connectivity index (χ0) is 26.1. The normalized spacial score (nSPS) is 19.9. The molecule has 9 heteroatoms. The summed E-state index contributed by atoms with van der Waals surface area (Å²) in [5.41, 5.74) is 4.59. The average molecular weight is 570 g/mol. The van der Waals surface area contributed by atoms with Gasteiger partial charge in [0.05, 0.1) is 0 Å². The molecule has 198 valence electrons. The molecule has 8 nitrogen and oxygen atoms in total. The maximum atomic E-state index is 12.7. The van der Waals surface area contributed by atoms with E-state index in [-0.39, 0.29) is 23.7 Å². The fraction of sp³-hybridized carbons (Fsp3) is 0.536. The summed E-state index contributed by atoms with van der Waals surface area (Å²) in [7, 11) is 1.77. The Morgan fingerprint density at radius 2 is 2.08 bits per heavy atom. The van der Waals surface area contributed by atoms with E-state index < -0.39 is 26.6 Å². The van der Waals surface area contributed by atoms with E-state index in [1.54, 1.807) is 18.5 Å². The molecule has 1 saturated carbocycles. The van der Waals surface area contributed by atoms with E-state index in [0.29, 0.717) is 12.1 Å². The number of pyridine rings is 1. The van der Waals surface area contributed by atoms with Crippen LogP contribution in [0.2, 0.25) is 4.71 Å². The molecule has 5 rings (SSSR count). The molecule has 0 radical (unpaired) electrons. The average Bonchev–Trinajstić information content (AvgIpc) is 3.47. The quantitative estimate of drug-likeness (QED) is 0.315. The van der Waals surface area contributed by atoms with E-state index in [2.05, 4.69) is 22.8 Å². The molecule has 3 heterocycles. The molecule has 3 aromatic rings. The number of aliphatic hydroxyl groups is 1. The number of imidazole rings is 1. The van der Waals surface area contributed by atoms with Gasteiger partial charge < -0.3 is 0 Å². The monoisotopic (exact) mass is 569 g/mol. The predicted octanol–water partition coefficient (Wildman–Crippen LogP) is 3.09. The maximum absolute atomic E-state index is 12.7. The third-order valence-corrected chi connectivity index (χ3v) is 11.2. The summed E-state index contributed by atoms with van der Waals surface area (Å²) in [5.74, 6) is 0.581. The zero-order valence-electron chi connectivity index (χ0n) is 21.8. The molecule has 2 aliphatic rings. The Hall–Kier alpha value is -2.41. The summed E-state index contributed by atoms with van der Waals surface area (Å²) in [6.45, 7) is 5.01. The van der Waals surface area contributed by atoms with Gasteiger partial charge in [-0.05, 0) is 0 Å². The predicted molar refractivity (Wildman–Crippen MR) is 144 cm³/mol. The van der Waals surface area contributed by atoms with E-state index in [1.165, 1.54) is 0 Å². The molecule has 1 unspecified atom stereocenters. The van der Waals surface area contributed by atoms with Crippen LogP contribution in [0.3, 0.4) is 0 Å². The second kappa shape index (κ2) is 11.1. The number of carbonyl (C=O) groups is 1. The van der Waals surface area contributed by atoms with Crippen LogP contribution >= 0.6 is 0 Å². The first-order valence-corrected chi connectivity index (χ1v) is 15.9. The Bertz CT molecular complexity index is 1310. The molecule has 2 fully saturated rings. The van der Waals surface area contributed by atoms with Crippen LogP contribution in [0.15, 0.2) is 35.3 Å². The van der Waals surface area contributed by atoms with Crippen LogP contribution in [0.1, 0.15) is 50.2 Å². The van der Waals surface area contributed by atoms with Gasteiger partial charge in [0, 0.05) is 0 Å². The molecule has 1 aromatic carbocycles. The molecule has 1 aliphatic carbocycles. The zero-order valence-corrected chi connectivity index (χ0v) is 23.9. The van der Waals surface area contributed by atoms with Crippen molar-refractivity contribution in [1.29, 1.82) is 0 Å². The van der Waals surface area contributed by atoms with Crippen LogP contribution in [-0.4, -0.2) is 65.9 Å². The molecule has 2 aromatic heterocycles. The SMILES string of the molecule is Cc1cc(-c2nc3cc(C[AsH][C@H](C(=O)OC4CCC4)[C@H](C)O)ccc3n2C[C@@H]2CCCO2)cn(C)c1=O. The number of hydrogen-bond donors (Lipinski definition) is 1. The van der Waals surface area contributed by atoms with E-state index in [1.807, 2.05) is 19.2 Å². The van der Waals surface area contributed by atoms with Crippen molar-refractivity contribution < 1.29 is 19.4 Å². The number of aromatic nitrogens is 3. The first kappa shape index (κ1) is 26.2. The topological polar surface area (TPSA) is 95.6 Å². The van der Waals surface area contributed by atoms with Crippen LogP contribution < -0.4 is 5.56 Å². The van der Waals surface area contributed by atoms with Crippen LogP contribution in [0.4, 0.5) is 0 Å². The summed E-state index contributed by atoms with van der Waals surface area (Å²) < 4.78 is 14.9. The Labute approximate surface area is 223 Å². The fourth-order valence-corrected chi connectivity index (χ4v) is 7.71. The Morgan fingerprint density at radius 3 is 2.73 bits per heavy atom. The summed E-state index contributed by atoms with van der Waals surface area (Å²) in [4.78, 5) is 30.0. The summed E-state index contributed by atoms with van der Waals surface area (Å²) in [6, 6.07) is 8.20. The Kier molecular flexibility index (Phi) is 7.89. The van der Waals surface area contributed by atoms with Gasteiger partial charge in [0.25, 0.3) is 0 Å². The Balaban J connectivity index is 1.43. The summed E-state index contributed by atoms with van der Waals surface area (Å²) in [5, 5.41) is 11.0. The van der Waals surface area contributed by atoms with Crippen molar-refractivity contribution in [2.45, 2.75) is 80.7 Å². The number of fused-ring (bicyclic) bond motifs is 1. The van der Waals surface area contributed by atoms with Gasteiger partial charge in [0.15, 0.2) is 0 Å². The van der Waals surface area contributed by atoms with Crippen molar-refractivity contribution in [1.82, 2.24) is 14.1 Å². The van der Waals surface area contributed by atoms with Crippen molar-refractivity contribution in [3.05, 3.63) is 51.9 Å². The molecular formula is C28H36AsN3O5. The molecule has 37 heavy (non-hydrogen) atoms. The first-order chi connectivity index (χ1) is 17.8. The third-order valence-electron chi connectivity index (χ3n) is 7.44. The van der Waals surface area contributed by atoms with Crippen LogP contribution in [0, 0.1) is 6.92 Å². The molecule has 1 N–H and O–H groups in total.